The summed E-state index contributed by atoms with van der Waals surface area (Å²) in [6.07, 6.45) is -0.303. The minimum atomic E-state index is -0.420. The molecule has 0 unspecified atom stereocenters. The average molecular weight is 347 g/mol. The Hall–Kier alpha value is -2.53. The molecule has 0 saturated carbocycles. The van der Waals surface area contributed by atoms with Crippen LogP contribution in [0, 0.1) is 13.8 Å². The molecule has 0 radical (unpaired) electrons. The number of methoxy groups -OCH3 is 1. The van der Waals surface area contributed by atoms with Crippen LogP contribution in [0.25, 0.3) is 0 Å². The van der Waals surface area contributed by atoms with Gasteiger partial charge in [0.25, 0.3) is 0 Å². The number of hydrogen-bond donors (Lipinski definition) is 2. The van der Waals surface area contributed by atoms with Crippen LogP contribution in [0.1, 0.15) is 17.5 Å². The Morgan fingerprint density at radius 2 is 1.67 bits per heavy atom. The minimum absolute atomic E-state index is 0.303. The molecule has 2 aromatic carbocycles. The highest BCUT2D eigenvalue weighted by atomic mass is 35.5. The number of aryl methyl sites for hydroxylation is 2. The van der Waals surface area contributed by atoms with Crippen molar-refractivity contribution in [3.05, 3.63) is 52.5 Å². The van der Waals surface area contributed by atoms with Crippen molar-refractivity contribution in [1.29, 1.82) is 0 Å². The van der Waals surface area contributed by atoms with E-state index in [1.165, 1.54) is 7.11 Å². The van der Waals surface area contributed by atoms with E-state index in [0.717, 1.165) is 11.1 Å². The fourth-order valence-corrected chi connectivity index (χ4v) is 2.36. The van der Waals surface area contributed by atoms with E-state index in [1.807, 2.05) is 19.9 Å². The lowest BCUT2D eigenvalue weighted by atomic mass is 10.2. The molecule has 2 rings (SSSR count). The number of benzene rings is 2. The molecule has 0 aliphatic rings. The number of anilines is 2. The van der Waals surface area contributed by atoms with Gasteiger partial charge in [0, 0.05) is 10.7 Å². The van der Waals surface area contributed by atoms with Crippen molar-refractivity contribution in [2.75, 3.05) is 17.7 Å². The Bertz CT molecular complexity index is 775. The molecule has 0 spiro atoms. The first-order valence-electron chi connectivity index (χ1n) is 7.39. The van der Waals surface area contributed by atoms with Crippen LogP contribution in [-0.2, 0) is 9.59 Å². The van der Waals surface area contributed by atoms with Crippen molar-refractivity contribution in [2.45, 2.75) is 20.3 Å². The van der Waals surface area contributed by atoms with Gasteiger partial charge in [0.1, 0.15) is 12.2 Å². The van der Waals surface area contributed by atoms with Gasteiger partial charge in [-0.15, -0.1) is 0 Å². The molecule has 5 nitrogen and oxygen atoms in total. The van der Waals surface area contributed by atoms with Crippen molar-refractivity contribution in [2.24, 2.45) is 0 Å². The maximum Gasteiger partial charge on any atom is 0.233 e. The van der Waals surface area contributed by atoms with Crippen LogP contribution in [0.4, 0.5) is 11.4 Å². The molecule has 0 aromatic heterocycles. The maximum atomic E-state index is 12.1. The second-order valence-electron chi connectivity index (χ2n) is 5.44. The van der Waals surface area contributed by atoms with Crippen LogP contribution in [0.2, 0.25) is 5.02 Å². The molecule has 0 aliphatic carbocycles. The lowest BCUT2D eigenvalue weighted by Gasteiger charge is -2.12. The molecule has 0 heterocycles. The first-order valence-corrected chi connectivity index (χ1v) is 7.77. The topological polar surface area (TPSA) is 67.4 Å². The smallest absolute Gasteiger partial charge is 0.233 e. The van der Waals surface area contributed by atoms with Crippen molar-refractivity contribution in [3.63, 3.8) is 0 Å². The third kappa shape index (κ3) is 4.73. The average Bonchev–Trinajstić information content (AvgIpc) is 2.51. The summed E-state index contributed by atoms with van der Waals surface area (Å²) >= 11 is 5.92. The van der Waals surface area contributed by atoms with E-state index in [0.29, 0.717) is 22.1 Å². The highest BCUT2D eigenvalue weighted by molar-refractivity contribution is 6.31. The summed E-state index contributed by atoms with van der Waals surface area (Å²) < 4.78 is 5.20. The van der Waals surface area contributed by atoms with Gasteiger partial charge >= 0.3 is 0 Å². The van der Waals surface area contributed by atoms with Crippen molar-refractivity contribution < 1.29 is 14.3 Å². The first-order chi connectivity index (χ1) is 11.4. The van der Waals surface area contributed by atoms with E-state index in [-0.39, 0.29) is 6.42 Å². The fraction of sp³-hybridized carbons (Fsp3) is 0.222. The van der Waals surface area contributed by atoms with Gasteiger partial charge < -0.3 is 15.4 Å². The molecule has 0 atom stereocenters. The van der Waals surface area contributed by atoms with E-state index in [4.69, 9.17) is 16.3 Å². The van der Waals surface area contributed by atoms with Crippen molar-refractivity contribution in [1.82, 2.24) is 0 Å². The van der Waals surface area contributed by atoms with Gasteiger partial charge in [-0.05, 0) is 49.2 Å². The SMILES string of the molecule is COc1ccc(C)cc1NC(=O)CC(=O)Nc1cc(Cl)ccc1C. The van der Waals surface area contributed by atoms with Crippen molar-refractivity contribution >= 4 is 34.8 Å². The van der Waals surface area contributed by atoms with E-state index < -0.39 is 11.8 Å². The zero-order chi connectivity index (χ0) is 17.7. The standard InChI is InChI=1S/C18H19ClN2O3/c1-11-4-7-16(24-3)15(8-11)21-18(23)10-17(22)20-14-9-13(19)6-5-12(14)2/h4-9H,10H2,1-3H3,(H,20,22)(H,21,23). The molecule has 2 N–H and O–H groups in total. The Balaban J connectivity index is 2.01. The van der Waals surface area contributed by atoms with Crippen LogP contribution in [-0.4, -0.2) is 18.9 Å². The molecule has 6 heteroatoms. The highest BCUT2D eigenvalue weighted by Gasteiger charge is 2.13. The summed E-state index contributed by atoms with van der Waals surface area (Å²) in [5.74, 6) is -0.291. The van der Waals surface area contributed by atoms with Gasteiger partial charge in [-0.3, -0.25) is 9.59 Å². The largest absolute Gasteiger partial charge is 0.495 e. The third-order valence-corrected chi connectivity index (χ3v) is 3.66. The van der Waals surface area contributed by atoms with E-state index >= 15 is 0 Å². The first kappa shape index (κ1) is 17.8. The van der Waals surface area contributed by atoms with Crippen molar-refractivity contribution in [3.8, 4) is 5.75 Å². The zero-order valence-electron chi connectivity index (χ0n) is 13.8. The van der Waals surface area contributed by atoms with Crippen LogP contribution >= 0.6 is 11.6 Å². The monoisotopic (exact) mass is 346 g/mol. The van der Waals surface area contributed by atoms with E-state index in [1.54, 1.807) is 30.3 Å². The molecular formula is C18H19ClN2O3. The number of ether oxygens (including phenoxy) is 1. The lowest BCUT2D eigenvalue weighted by molar-refractivity contribution is -0.123. The highest BCUT2D eigenvalue weighted by Crippen LogP contribution is 2.25. The summed E-state index contributed by atoms with van der Waals surface area (Å²) in [4.78, 5) is 24.1. The number of nitrogens with one attached hydrogen (secondary N) is 2. The molecule has 126 valence electrons. The number of hydrogen-bond acceptors (Lipinski definition) is 3. The molecule has 0 aliphatic heterocycles. The van der Waals surface area contributed by atoms with Crippen LogP contribution in [0.3, 0.4) is 0 Å². The quantitative estimate of drug-likeness (QED) is 0.806. The summed E-state index contributed by atoms with van der Waals surface area (Å²) in [7, 11) is 1.52. The van der Waals surface area contributed by atoms with Crippen LogP contribution < -0.4 is 15.4 Å². The molecule has 24 heavy (non-hydrogen) atoms. The Labute approximate surface area is 146 Å². The summed E-state index contributed by atoms with van der Waals surface area (Å²) in [5.41, 5.74) is 2.97. The number of halogens is 1. The summed E-state index contributed by atoms with van der Waals surface area (Å²) in [6.45, 7) is 3.76. The molecule has 0 saturated heterocycles. The maximum absolute atomic E-state index is 12.1. The normalized spacial score (nSPS) is 10.2. The second kappa shape index (κ2) is 7.84. The zero-order valence-corrected chi connectivity index (χ0v) is 14.5. The number of carbonyl (C=O) groups is 2. The third-order valence-electron chi connectivity index (χ3n) is 3.42. The fourth-order valence-electron chi connectivity index (χ4n) is 2.18. The lowest BCUT2D eigenvalue weighted by Crippen LogP contribution is -2.22. The molecule has 2 aromatic rings. The molecule has 0 fully saturated rings. The van der Waals surface area contributed by atoms with Crippen LogP contribution in [0.15, 0.2) is 36.4 Å². The van der Waals surface area contributed by atoms with Crippen LogP contribution in [0.5, 0.6) is 5.75 Å². The summed E-state index contributed by atoms with van der Waals surface area (Å²) in [5, 5.41) is 5.90. The Kier molecular flexibility index (Phi) is 5.82. The van der Waals surface area contributed by atoms with Gasteiger partial charge in [-0.2, -0.15) is 0 Å². The number of rotatable bonds is 5. The summed E-state index contributed by atoms with van der Waals surface area (Å²) in [6, 6.07) is 10.6. The Morgan fingerprint density at radius 3 is 2.33 bits per heavy atom. The number of carbonyl (C=O) groups excluding carboxylic acids is 2. The number of amides is 2. The van der Waals surface area contributed by atoms with Gasteiger partial charge in [0.2, 0.25) is 11.8 Å². The predicted molar refractivity (Wildman–Crippen MR) is 95.8 cm³/mol. The van der Waals surface area contributed by atoms with E-state index in [9.17, 15) is 9.59 Å². The van der Waals surface area contributed by atoms with Gasteiger partial charge in [0.15, 0.2) is 0 Å². The molecule has 2 amide bonds. The van der Waals surface area contributed by atoms with Gasteiger partial charge in [-0.1, -0.05) is 23.7 Å². The molecule has 0 bridgehead atoms. The Morgan fingerprint density at radius 1 is 1.00 bits per heavy atom. The van der Waals surface area contributed by atoms with Gasteiger partial charge in [-0.25, -0.2) is 0 Å². The van der Waals surface area contributed by atoms with Gasteiger partial charge in [0.05, 0.1) is 12.8 Å². The second-order valence-corrected chi connectivity index (χ2v) is 5.87. The van der Waals surface area contributed by atoms with E-state index in [2.05, 4.69) is 10.6 Å². The minimum Gasteiger partial charge on any atom is -0.495 e. The molecular weight excluding hydrogens is 328 g/mol. The predicted octanol–water partition coefficient (Wildman–Crippen LogP) is 3.93.